The molecule has 1 N–H and O–H groups in total. The van der Waals surface area contributed by atoms with Gasteiger partial charge in [0.1, 0.15) is 12.2 Å². The number of urea groups is 1. The number of halogens is 1. The Hall–Kier alpha value is -1.88. The zero-order valence-electron chi connectivity index (χ0n) is 14.8. The number of alkyl halides is 1. The van der Waals surface area contributed by atoms with Gasteiger partial charge in [0.25, 0.3) is 0 Å². The van der Waals surface area contributed by atoms with Crippen molar-refractivity contribution in [3.05, 3.63) is 0 Å². The molecule has 2 aliphatic heterocycles. The van der Waals surface area contributed by atoms with Crippen LogP contribution >= 0.6 is 0 Å². The number of fused-ring (bicyclic) bond motifs is 1. The fourth-order valence-electron chi connectivity index (χ4n) is 4.42. The van der Waals surface area contributed by atoms with E-state index in [9.17, 15) is 14.0 Å². The van der Waals surface area contributed by atoms with Crippen LogP contribution in [0.4, 0.5) is 9.18 Å². The van der Waals surface area contributed by atoms with Crippen LogP contribution in [-0.2, 0) is 4.79 Å². The summed E-state index contributed by atoms with van der Waals surface area (Å²) in [5.74, 6) is 0.754. The first-order valence-electron chi connectivity index (χ1n) is 8.91. The zero-order chi connectivity index (χ0) is 18.1. The number of carbonyl (C=O) groups is 2. The van der Waals surface area contributed by atoms with Gasteiger partial charge < -0.3 is 20.0 Å². The molecule has 3 amide bonds. The van der Waals surface area contributed by atoms with Gasteiger partial charge in [-0.3, -0.25) is 4.79 Å². The van der Waals surface area contributed by atoms with Gasteiger partial charge in [0, 0.05) is 39.6 Å². The molecular formula is C17H26FN5O2. The molecule has 7 nitrogen and oxygen atoms in total. The molecule has 3 rings (SSSR count). The second-order valence-corrected chi connectivity index (χ2v) is 7.68. The van der Waals surface area contributed by atoms with Crippen LogP contribution in [0.3, 0.4) is 0 Å². The lowest BCUT2D eigenvalue weighted by Gasteiger charge is -2.24. The quantitative estimate of drug-likeness (QED) is 0.800. The molecule has 2 saturated heterocycles. The summed E-state index contributed by atoms with van der Waals surface area (Å²) in [6.45, 7) is 1.73. The van der Waals surface area contributed by atoms with Crippen molar-refractivity contribution in [2.24, 2.45) is 11.8 Å². The summed E-state index contributed by atoms with van der Waals surface area (Å²) in [7, 11) is 3.53. The Morgan fingerprint density at radius 2 is 1.84 bits per heavy atom. The van der Waals surface area contributed by atoms with Crippen molar-refractivity contribution in [1.82, 2.24) is 20.0 Å². The standard InChI is InChI=1S/C17H26FN5O2/c1-21(2)17(25)22-8-11-3-14(4-12(11)9-22)20-7-16(24)23-10-13(18)5-15(23)6-19/h11-15,20H,3-5,7-10H2,1-2H3/t11-,12+,13?,14?,15?. The van der Waals surface area contributed by atoms with Crippen LogP contribution in [0.5, 0.6) is 0 Å². The molecule has 0 radical (unpaired) electrons. The zero-order valence-corrected chi connectivity index (χ0v) is 14.8. The fourth-order valence-corrected chi connectivity index (χ4v) is 4.42. The number of carbonyl (C=O) groups excluding carboxylic acids is 2. The molecule has 2 heterocycles. The molecule has 8 heteroatoms. The van der Waals surface area contributed by atoms with Crippen molar-refractivity contribution in [3.63, 3.8) is 0 Å². The Morgan fingerprint density at radius 3 is 2.40 bits per heavy atom. The smallest absolute Gasteiger partial charge is 0.319 e. The highest BCUT2D eigenvalue weighted by atomic mass is 19.1. The maximum atomic E-state index is 13.4. The third-order valence-electron chi connectivity index (χ3n) is 5.67. The molecule has 0 aromatic heterocycles. The van der Waals surface area contributed by atoms with Crippen molar-refractivity contribution in [2.75, 3.05) is 40.3 Å². The van der Waals surface area contributed by atoms with Gasteiger partial charge in [0.15, 0.2) is 0 Å². The molecule has 0 aromatic carbocycles. The Kier molecular flexibility index (Phi) is 5.13. The van der Waals surface area contributed by atoms with Gasteiger partial charge in [-0.1, -0.05) is 0 Å². The Labute approximate surface area is 147 Å². The third-order valence-corrected chi connectivity index (χ3v) is 5.67. The van der Waals surface area contributed by atoms with Crippen molar-refractivity contribution in [1.29, 1.82) is 5.26 Å². The number of nitrogens with zero attached hydrogens (tertiary/aromatic N) is 4. The van der Waals surface area contributed by atoms with Crippen molar-refractivity contribution in [3.8, 4) is 6.07 Å². The molecule has 3 aliphatic rings. The van der Waals surface area contributed by atoms with E-state index in [0.29, 0.717) is 11.8 Å². The van der Waals surface area contributed by atoms with Crippen LogP contribution in [0.15, 0.2) is 0 Å². The Balaban J connectivity index is 1.44. The lowest BCUT2D eigenvalue weighted by atomic mass is 10.0. The van der Waals surface area contributed by atoms with Crippen LogP contribution in [0.1, 0.15) is 19.3 Å². The van der Waals surface area contributed by atoms with Crippen molar-refractivity contribution in [2.45, 2.75) is 37.5 Å². The molecular weight excluding hydrogens is 325 g/mol. The van der Waals surface area contributed by atoms with E-state index in [1.165, 1.54) is 4.90 Å². The second-order valence-electron chi connectivity index (χ2n) is 7.68. The van der Waals surface area contributed by atoms with Crippen LogP contribution in [0, 0.1) is 23.2 Å². The molecule has 25 heavy (non-hydrogen) atoms. The average Bonchev–Trinajstić information content (AvgIpc) is 3.23. The molecule has 0 spiro atoms. The monoisotopic (exact) mass is 351 g/mol. The SMILES string of the molecule is CN(C)C(=O)N1C[C@H]2CC(NCC(=O)N3CC(F)CC3C#N)C[C@H]2C1. The lowest BCUT2D eigenvalue weighted by molar-refractivity contribution is -0.130. The Morgan fingerprint density at radius 1 is 1.20 bits per heavy atom. The van der Waals surface area contributed by atoms with E-state index in [0.717, 1.165) is 25.9 Å². The van der Waals surface area contributed by atoms with Gasteiger partial charge in [0.05, 0.1) is 19.2 Å². The minimum Gasteiger partial charge on any atom is -0.331 e. The minimum absolute atomic E-state index is 0.0241. The first kappa shape index (κ1) is 17.9. The molecule has 138 valence electrons. The number of hydrogen-bond acceptors (Lipinski definition) is 4. The second kappa shape index (κ2) is 7.16. The fraction of sp³-hybridized carbons (Fsp3) is 0.824. The van der Waals surface area contributed by atoms with E-state index >= 15 is 0 Å². The molecule has 3 unspecified atom stereocenters. The minimum atomic E-state index is -1.10. The number of likely N-dealkylation sites (tertiary alicyclic amines) is 2. The number of amides is 3. The number of nitriles is 1. The maximum Gasteiger partial charge on any atom is 0.319 e. The number of hydrogen-bond donors (Lipinski definition) is 1. The predicted molar refractivity (Wildman–Crippen MR) is 89.3 cm³/mol. The Bertz CT molecular complexity index is 564. The maximum absolute atomic E-state index is 13.4. The largest absolute Gasteiger partial charge is 0.331 e. The van der Waals surface area contributed by atoms with Crippen LogP contribution in [0.25, 0.3) is 0 Å². The van der Waals surface area contributed by atoms with Gasteiger partial charge in [-0.25, -0.2) is 9.18 Å². The van der Waals surface area contributed by atoms with E-state index in [1.807, 2.05) is 11.0 Å². The van der Waals surface area contributed by atoms with E-state index in [2.05, 4.69) is 5.32 Å². The van der Waals surface area contributed by atoms with E-state index in [4.69, 9.17) is 5.26 Å². The summed E-state index contributed by atoms with van der Waals surface area (Å²) in [6, 6.07) is 1.68. The van der Waals surface area contributed by atoms with Gasteiger partial charge >= 0.3 is 6.03 Å². The average molecular weight is 351 g/mol. The topological polar surface area (TPSA) is 79.7 Å². The van der Waals surface area contributed by atoms with E-state index in [-0.39, 0.29) is 37.5 Å². The highest BCUT2D eigenvalue weighted by molar-refractivity contribution is 5.79. The van der Waals surface area contributed by atoms with Crippen molar-refractivity contribution < 1.29 is 14.0 Å². The summed E-state index contributed by atoms with van der Waals surface area (Å²) < 4.78 is 13.4. The molecule has 1 aliphatic carbocycles. The van der Waals surface area contributed by atoms with Gasteiger partial charge in [0.2, 0.25) is 5.91 Å². The highest BCUT2D eigenvalue weighted by Crippen LogP contribution is 2.38. The lowest BCUT2D eigenvalue weighted by Crippen LogP contribution is -2.44. The summed E-state index contributed by atoms with van der Waals surface area (Å²) in [6.07, 6.45) is 0.913. The molecule has 0 bridgehead atoms. The number of nitrogens with one attached hydrogen (secondary N) is 1. The van der Waals surface area contributed by atoms with E-state index < -0.39 is 12.2 Å². The predicted octanol–water partition coefficient (Wildman–Crippen LogP) is 0.431. The van der Waals surface area contributed by atoms with Crippen LogP contribution in [0.2, 0.25) is 0 Å². The first-order chi connectivity index (χ1) is 11.9. The van der Waals surface area contributed by atoms with Crippen molar-refractivity contribution >= 4 is 11.9 Å². The number of rotatable bonds is 3. The van der Waals surface area contributed by atoms with Crippen LogP contribution < -0.4 is 5.32 Å². The summed E-state index contributed by atoms with van der Waals surface area (Å²) in [4.78, 5) is 29.2. The van der Waals surface area contributed by atoms with Gasteiger partial charge in [-0.2, -0.15) is 5.26 Å². The molecule has 5 atom stereocenters. The summed E-state index contributed by atoms with van der Waals surface area (Å²) >= 11 is 0. The molecule has 1 saturated carbocycles. The summed E-state index contributed by atoms with van der Waals surface area (Å²) in [5.41, 5.74) is 0. The third kappa shape index (κ3) is 3.71. The normalized spacial score (nSPS) is 34.1. The van der Waals surface area contributed by atoms with Crippen LogP contribution in [-0.4, -0.2) is 85.2 Å². The molecule has 3 fully saturated rings. The molecule has 0 aromatic rings. The van der Waals surface area contributed by atoms with E-state index in [1.54, 1.807) is 19.0 Å². The highest BCUT2D eigenvalue weighted by Gasteiger charge is 2.43. The van der Waals surface area contributed by atoms with Gasteiger partial charge in [-0.15, -0.1) is 0 Å². The van der Waals surface area contributed by atoms with Gasteiger partial charge in [-0.05, 0) is 24.7 Å². The summed E-state index contributed by atoms with van der Waals surface area (Å²) in [5, 5.41) is 12.3. The first-order valence-corrected chi connectivity index (χ1v) is 8.91.